The van der Waals surface area contributed by atoms with Gasteiger partial charge in [-0.25, -0.2) is 9.37 Å². The molecule has 2 aromatic rings. The van der Waals surface area contributed by atoms with Crippen LogP contribution in [0.15, 0.2) is 24.3 Å². The van der Waals surface area contributed by atoms with Gasteiger partial charge in [0.2, 0.25) is 0 Å². The minimum Gasteiger partial charge on any atom is -0.384 e. The van der Waals surface area contributed by atoms with Gasteiger partial charge < -0.3 is 5.73 Å². The molecule has 0 saturated heterocycles. The number of benzene rings is 1. The van der Waals surface area contributed by atoms with E-state index < -0.39 is 0 Å². The first kappa shape index (κ1) is 7.98. The van der Waals surface area contributed by atoms with Crippen molar-refractivity contribution in [2.24, 2.45) is 0 Å². The first-order valence-electron chi connectivity index (χ1n) is 3.99. The SMILES string of the molecule is Cc1cc(F)cc2ccc(N)nc12. The van der Waals surface area contributed by atoms with E-state index in [0.717, 1.165) is 16.5 Å². The largest absolute Gasteiger partial charge is 0.384 e. The van der Waals surface area contributed by atoms with Crippen molar-refractivity contribution in [3.05, 3.63) is 35.6 Å². The Labute approximate surface area is 75.2 Å². The van der Waals surface area contributed by atoms with Crippen LogP contribution < -0.4 is 5.73 Å². The van der Waals surface area contributed by atoms with Gasteiger partial charge in [-0.15, -0.1) is 0 Å². The normalized spacial score (nSPS) is 10.6. The predicted octanol–water partition coefficient (Wildman–Crippen LogP) is 2.26. The van der Waals surface area contributed by atoms with Gasteiger partial charge in [0.15, 0.2) is 0 Å². The van der Waals surface area contributed by atoms with Gasteiger partial charge in [0.05, 0.1) is 5.52 Å². The van der Waals surface area contributed by atoms with Gasteiger partial charge in [-0.05, 0) is 36.8 Å². The highest BCUT2D eigenvalue weighted by molar-refractivity contribution is 5.83. The van der Waals surface area contributed by atoms with Crippen molar-refractivity contribution in [1.29, 1.82) is 0 Å². The predicted molar refractivity (Wildman–Crippen MR) is 50.9 cm³/mol. The molecule has 2 rings (SSSR count). The molecule has 0 fully saturated rings. The average Bonchev–Trinajstić information content (AvgIpc) is 2.06. The van der Waals surface area contributed by atoms with Gasteiger partial charge in [-0.1, -0.05) is 0 Å². The Morgan fingerprint density at radius 1 is 1.31 bits per heavy atom. The van der Waals surface area contributed by atoms with Crippen molar-refractivity contribution < 1.29 is 4.39 Å². The Kier molecular flexibility index (Phi) is 1.65. The lowest BCUT2D eigenvalue weighted by atomic mass is 10.1. The molecule has 0 radical (unpaired) electrons. The van der Waals surface area contributed by atoms with Crippen molar-refractivity contribution in [2.45, 2.75) is 6.92 Å². The molecular formula is C10H9FN2. The highest BCUT2D eigenvalue weighted by atomic mass is 19.1. The van der Waals surface area contributed by atoms with E-state index in [0.29, 0.717) is 5.82 Å². The van der Waals surface area contributed by atoms with Crippen LogP contribution in [0.5, 0.6) is 0 Å². The van der Waals surface area contributed by atoms with Crippen LogP contribution in [-0.2, 0) is 0 Å². The van der Waals surface area contributed by atoms with Crippen LogP contribution in [0, 0.1) is 12.7 Å². The van der Waals surface area contributed by atoms with Crippen LogP contribution in [0.25, 0.3) is 10.9 Å². The van der Waals surface area contributed by atoms with Gasteiger partial charge in [-0.3, -0.25) is 0 Å². The fourth-order valence-electron chi connectivity index (χ4n) is 1.38. The van der Waals surface area contributed by atoms with Crippen LogP contribution in [0.2, 0.25) is 0 Å². The summed E-state index contributed by atoms with van der Waals surface area (Å²) in [4.78, 5) is 4.13. The first-order valence-corrected chi connectivity index (χ1v) is 3.99. The van der Waals surface area contributed by atoms with Gasteiger partial charge in [-0.2, -0.15) is 0 Å². The van der Waals surface area contributed by atoms with Crippen LogP contribution >= 0.6 is 0 Å². The summed E-state index contributed by atoms with van der Waals surface area (Å²) in [6.45, 7) is 1.82. The fourth-order valence-corrected chi connectivity index (χ4v) is 1.38. The maximum absolute atomic E-state index is 12.9. The molecular weight excluding hydrogens is 167 g/mol. The standard InChI is InChI=1S/C10H9FN2/c1-6-4-8(11)5-7-2-3-9(12)13-10(6)7/h2-5H,1H3,(H2,12,13). The topological polar surface area (TPSA) is 38.9 Å². The Morgan fingerprint density at radius 2 is 2.08 bits per heavy atom. The maximum Gasteiger partial charge on any atom is 0.124 e. The third-order valence-corrected chi connectivity index (χ3v) is 1.97. The molecule has 1 aromatic carbocycles. The smallest absolute Gasteiger partial charge is 0.124 e. The second-order valence-corrected chi connectivity index (χ2v) is 3.03. The number of pyridine rings is 1. The number of aryl methyl sites for hydroxylation is 1. The van der Waals surface area contributed by atoms with Crippen molar-refractivity contribution in [3.8, 4) is 0 Å². The average molecular weight is 176 g/mol. The minimum absolute atomic E-state index is 0.239. The molecule has 0 aliphatic rings. The van der Waals surface area contributed by atoms with E-state index in [2.05, 4.69) is 4.98 Å². The molecule has 0 bridgehead atoms. The molecule has 0 saturated carbocycles. The summed E-state index contributed by atoms with van der Waals surface area (Å²) in [6.07, 6.45) is 0. The fraction of sp³-hybridized carbons (Fsp3) is 0.100. The Balaban J connectivity index is 2.87. The van der Waals surface area contributed by atoms with Gasteiger partial charge in [0.25, 0.3) is 0 Å². The number of hydrogen-bond donors (Lipinski definition) is 1. The number of halogens is 1. The molecule has 3 heteroatoms. The molecule has 2 nitrogen and oxygen atoms in total. The number of rotatable bonds is 0. The van der Waals surface area contributed by atoms with Crippen LogP contribution in [-0.4, -0.2) is 4.98 Å². The number of hydrogen-bond acceptors (Lipinski definition) is 2. The summed E-state index contributed by atoms with van der Waals surface area (Å²) in [5.74, 6) is 0.221. The van der Waals surface area contributed by atoms with Crippen LogP contribution in [0.3, 0.4) is 0 Å². The molecule has 0 aliphatic carbocycles. The summed E-state index contributed by atoms with van der Waals surface area (Å²) in [6, 6.07) is 6.35. The third-order valence-electron chi connectivity index (χ3n) is 1.97. The zero-order valence-electron chi connectivity index (χ0n) is 7.21. The minimum atomic E-state index is -0.239. The van der Waals surface area contributed by atoms with Crippen LogP contribution in [0.4, 0.5) is 10.2 Å². The highest BCUT2D eigenvalue weighted by Crippen LogP contribution is 2.18. The zero-order valence-corrected chi connectivity index (χ0v) is 7.21. The molecule has 0 aliphatic heterocycles. The number of fused-ring (bicyclic) bond motifs is 1. The second kappa shape index (κ2) is 2.69. The molecule has 0 unspecified atom stereocenters. The number of nitrogen functional groups attached to an aromatic ring is 1. The quantitative estimate of drug-likeness (QED) is 0.668. The lowest BCUT2D eigenvalue weighted by Crippen LogP contribution is -1.92. The van der Waals surface area contributed by atoms with E-state index in [-0.39, 0.29) is 5.82 Å². The number of anilines is 1. The molecule has 13 heavy (non-hydrogen) atoms. The number of nitrogens with two attached hydrogens (primary N) is 1. The van der Waals surface area contributed by atoms with E-state index in [1.165, 1.54) is 12.1 Å². The molecule has 0 atom stereocenters. The zero-order chi connectivity index (χ0) is 9.42. The van der Waals surface area contributed by atoms with E-state index in [1.54, 1.807) is 12.1 Å². The van der Waals surface area contributed by atoms with Crippen molar-refractivity contribution in [2.75, 3.05) is 5.73 Å². The van der Waals surface area contributed by atoms with E-state index in [1.807, 2.05) is 6.92 Å². The lowest BCUT2D eigenvalue weighted by Gasteiger charge is -2.02. The third kappa shape index (κ3) is 1.33. The molecule has 2 N–H and O–H groups in total. The lowest BCUT2D eigenvalue weighted by molar-refractivity contribution is 0.628. The van der Waals surface area contributed by atoms with E-state index in [4.69, 9.17) is 5.73 Å². The first-order chi connectivity index (χ1) is 6.16. The second-order valence-electron chi connectivity index (χ2n) is 3.03. The van der Waals surface area contributed by atoms with Gasteiger partial charge in [0, 0.05) is 5.39 Å². The summed E-state index contributed by atoms with van der Waals surface area (Å²) in [7, 11) is 0. The monoisotopic (exact) mass is 176 g/mol. The Hall–Kier alpha value is -1.64. The highest BCUT2D eigenvalue weighted by Gasteiger charge is 2.01. The van der Waals surface area contributed by atoms with Gasteiger partial charge >= 0.3 is 0 Å². The van der Waals surface area contributed by atoms with E-state index >= 15 is 0 Å². The summed E-state index contributed by atoms with van der Waals surface area (Å²) in [5, 5.41) is 0.784. The summed E-state index contributed by atoms with van der Waals surface area (Å²) < 4.78 is 12.9. The van der Waals surface area contributed by atoms with Crippen LogP contribution in [0.1, 0.15) is 5.56 Å². The molecule has 1 heterocycles. The Morgan fingerprint density at radius 3 is 2.85 bits per heavy atom. The van der Waals surface area contributed by atoms with Crippen molar-refractivity contribution in [3.63, 3.8) is 0 Å². The Bertz CT molecular complexity index is 466. The maximum atomic E-state index is 12.9. The summed E-state index contributed by atoms with van der Waals surface area (Å²) in [5.41, 5.74) is 7.10. The van der Waals surface area contributed by atoms with Crippen molar-refractivity contribution >= 4 is 16.7 Å². The number of nitrogens with zero attached hydrogens (tertiary/aromatic N) is 1. The number of aromatic nitrogens is 1. The molecule has 66 valence electrons. The summed E-state index contributed by atoms with van der Waals surface area (Å²) >= 11 is 0. The molecule has 1 aromatic heterocycles. The van der Waals surface area contributed by atoms with Gasteiger partial charge in [0.1, 0.15) is 11.6 Å². The van der Waals surface area contributed by atoms with E-state index in [9.17, 15) is 4.39 Å². The van der Waals surface area contributed by atoms with Crippen molar-refractivity contribution in [1.82, 2.24) is 4.98 Å². The molecule has 0 spiro atoms. The molecule has 0 amide bonds.